The van der Waals surface area contributed by atoms with Crippen LogP contribution in [0.5, 0.6) is 11.5 Å². The van der Waals surface area contributed by atoms with Gasteiger partial charge in [0, 0.05) is 86.3 Å². The number of fused-ring (bicyclic) bond motifs is 3. The number of Topliss-reactive ketones (excluding diaryl/α,β-unsaturated/α-hetero) is 1. The number of benzene rings is 6. The zero-order valence-electron chi connectivity index (χ0n) is 49.0. The van der Waals surface area contributed by atoms with Crippen molar-refractivity contribution in [2.24, 2.45) is 0 Å². The third-order valence-electron chi connectivity index (χ3n) is 14.5. The average Bonchev–Trinajstić information content (AvgIpc) is 1.64. The maximum absolute atomic E-state index is 13.7. The Morgan fingerprint density at radius 2 is 1.10 bits per heavy atom. The molecule has 0 spiro atoms. The van der Waals surface area contributed by atoms with Gasteiger partial charge in [0.05, 0.1) is 50.3 Å². The second-order valence-electron chi connectivity index (χ2n) is 20.4. The minimum Gasteiger partial charge on any atom is -0.506 e. The van der Waals surface area contributed by atoms with E-state index < -0.39 is 49.3 Å². The molecule has 0 atom stereocenters. The van der Waals surface area contributed by atoms with Gasteiger partial charge < -0.3 is 29.3 Å². The fourth-order valence-corrected chi connectivity index (χ4v) is 10.9. The van der Waals surface area contributed by atoms with Gasteiger partial charge in [-0.2, -0.15) is 0 Å². The highest BCUT2D eigenvalue weighted by Gasteiger charge is 2.32. The molecule has 6 aromatic carbocycles. The number of rotatable bonds is 16. The van der Waals surface area contributed by atoms with Crippen LogP contribution in [0, 0.1) is 11.6 Å². The smallest absolute Gasteiger partial charge is 0.279 e. The van der Waals surface area contributed by atoms with E-state index in [0.29, 0.717) is 50.1 Å². The Hall–Kier alpha value is -9.24. The Balaban J connectivity index is 0.000000205. The summed E-state index contributed by atoms with van der Waals surface area (Å²) in [4.78, 5) is 63.6. The molecule has 0 unspecified atom stereocenters. The number of ketones is 1. The number of amides is 3. The summed E-state index contributed by atoms with van der Waals surface area (Å²) in [6, 6.07) is 42.0. The maximum Gasteiger partial charge on any atom is 0.279 e. The summed E-state index contributed by atoms with van der Waals surface area (Å²) in [6.07, 6.45) is 2.62. The number of aromatic hydroxyl groups is 1. The van der Waals surface area contributed by atoms with E-state index in [4.69, 9.17) is 25.2 Å². The van der Waals surface area contributed by atoms with Gasteiger partial charge >= 0.3 is 0 Å². The molecular weight excluding hydrogens is 1340 g/mol. The van der Waals surface area contributed by atoms with Gasteiger partial charge in [0.15, 0.2) is 24.0 Å². The molecule has 0 bridgehead atoms. The summed E-state index contributed by atoms with van der Waals surface area (Å²) in [6.45, 7) is 0.363. The number of alkyl halides is 2. The lowest BCUT2D eigenvalue weighted by atomic mass is 10.00. The fraction of sp³-hybridized carbons (Fsp3) is 0.169. The third-order valence-corrected chi connectivity index (χ3v) is 16.9. The van der Waals surface area contributed by atoms with Gasteiger partial charge in [-0.3, -0.25) is 32.7 Å². The number of anilines is 2. The van der Waals surface area contributed by atoms with Crippen LogP contribution in [0.15, 0.2) is 167 Å². The highest BCUT2D eigenvalue weighted by Crippen LogP contribution is 2.44. The molecule has 90 heavy (non-hydrogen) atoms. The van der Waals surface area contributed by atoms with E-state index in [2.05, 4.69) is 43.2 Å². The standard InChI is InChI=1S/C32H27FN4O6S.C32H28FN3O6S.CH2ClI/c1-34-31(38)28-23-15-22(24-13-14-26-29(35-24)32(39)37(18-42-26)17-19-7-5-4-6-8-19)25(36(2)44(3,40)41)16-27(23)43-30(28)20-9-11-21(33)12-10-20;1-34-32(39)29-23-17-22(24-14-16-27(38)30(35-24)26(37)15-9-19-7-5-4-6-8-19)25(36(2)43(3,40)41)18-28(23)42-31(29)20-10-12-21(33)13-11-20;2-1-3/h4-16H,17-18H2,1-3H3,(H,34,38);4-8,10-14,16-18,38H,9,15H2,1-3H3,(H,34,39);1H2. The summed E-state index contributed by atoms with van der Waals surface area (Å²) in [5.41, 5.74) is 4.88. The molecule has 3 N–H and O–H groups in total. The highest BCUT2D eigenvalue weighted by molar-refractivity contribution is 14.1. The van der Waals surface area contributed by atoms with Crippen molar-refractivity contribution >= 4 is 111 Å². The Morgan fingerprint density at radius 3 is 1.56 bits per heavy atom. The number of hydrogen-bond acceptors (Lipinski definition) is 14. The molecule has 19 nitrogen and oxygen atoms in total. The normalized spacial score (nSPS) is 12.0. The van der Waals surface area contributed by atoms with Gasteiger partial charge in [-0.15, -0.1) is 11.6 Å². The quantitative estimate of drug-likeness (QED) is 0.0462. The van der Waals surface area contributed by atoms with E-state index in [-0.39, 0.29) is 98.3 Å². The van der Waals surface area contributed by atoms with E-state index in [1.165, 1.54) is 106 Å². The predicted molar refractivity (Wildman–Crippen MR) is 350 cm³/mol. The first-order valence-electron chi connectivity index (χ1n) is 27.4. The predicted octanol–water partition coefficient (Wildman–Crippen LogP) is 12.2. The molecule has 0 saturated heterocycles. The van der Waals surface area contributed by atoms with Crippen molar-refractivity contribution in [2.45, 2.75) is 19.4 Å². The summed E-state index contributed by atoms with van der Waals surface area (Å²) in [5.74, 6) is -2.26. The van der Waals surface area contributed by atoms with Crippen molar-refractivity contribution in [3.8, 4) is 56.7 Å². The average molecular weight is 1390 g/mol. The van der Waals surface area contributed by atoms with Gasteiger partial charge in [0.25, 0.3) is 17.7 Å². The molecule has 464 valence electrons. The maximum atomic E-state index is 13.7. The molecule has 0 fully saturated rings. The molecule has 1 aliphatic rings. The Morgan fingerprint density at radius 1 is 0.656 bits per heavy atom. The molecule has 5 heterocycles. The lowest BCUT2D eigenvalue weighted by molar-refractivity contribution is 0.0488. The second-order valence-corrected chi connectivity index (χ2v) is 26.3. The van der Waals surface area contributed by atoms with E-state index >= 15 is 0 Å². The number of ether oxygens (including phenoxy) is 1. The van der Waals surface area contributed by atoms with E-state index in [0.717, 1.165) is 32.2 Å². The number of carbonyl (C=O) groups excluding carboxylic acids is 4. The molecular formula is C65H57ClF2IN7O12S2. The summed E-state index contributed by atoms with van der Waals surface area (Å²) < 4.78 is 99.0. The number of furan rings is 2. The lowest BCUT2D eigenvalue weighted by Crippen LogP contribution is -2.38. The molecule has 0 saturated carbocycles. The Kier molecular flexibility index (Phi) is 20.0. The summed E-state index contributed by atoms with van der Waals surface area (Å²) in [5, 5.41) is 16.5. The summed E-state index contributed by atoms with van der Waals surface area (Å²) >= 11 is 7.04. The molecule has 0 radical (unpaired) electrons. The van der Waals surface area contributed by atoms with Crippen LogP contribution in [0.1, 0.15) is 59.2 Å². The van der Waals surface area contributed by atoms with Crippen LogP contribution >= 0.6 is 34.2 Å². The number of carbonyl (C=O) groups is 4. The van der Waals surface area contributed by atoms with Gasteiger partial charge in [-0.25, -0.2) is 35.6 Å². The number of aromatic nitrogens is 2. The van der Waals surface area contributed by atoms with Crippen molar-refractivity contribution in [2.75, 3.05) is 59.9 Å². The van der Waals surface area contributed by atoms with Crippen LogP contribution in [0.4, 0.5) is 20.2 Å². The van der Waals surface area contributed by atoms with Gasteiger partial charge in [-0.05, 0) is 102 Å². The van der Waals surface area contributed by atoms with Crippen LogP contribution in [-0.4, -0.2) is 112 Å². The van der Waals surface area contributed by atoms with Crippen molar-refractivity contribution in [3.63, 3.8) is 0 Å². The number of aryl methyl sites for hydroxylation is 1. The van der Waals surface area contributed by atoms with Crippen molar-refractivity contribution in [1.29, 1.82) is 0 Å². The Bertz CT molecular complexity index is 4600. The van der Waals surface area contributed by atoms with E-state index in [9.17, 15) is 49.9 Å². The molecule has 25 heteroatoms. The van der Waals surface area contributed by atoms with Crippen LogP contribution < -0.4 is 24.0 Å². The molecule has 0 aliphatic carbocycles. The van der Waals surface area contributed by atoms with Gasteiger partial charge in [-0.1, -0.05) is 83.3 Å². The molecule has 3 amide bonds. The first-order valence-corrected chi connectivity index (χ1v) is 33.1. The van der Waals surface area contributed by atoms with Gasteiger partial charge in [0.1, 0.15) is 45.8 Å². The van der Waals surface area contributed by atoms with Crippen molar-refractivity contribution in [1.82, 2.24) is 25.5 Å². The zero-order chi connectivity index (χ0) is 64.8. The van der Waals surface area contributed by atoms with E-state index in [1.54, 1.807) is 24.3 Å². The SMILES string of the molecule is CNC(=O)c1c(-c2ccc(F)cc2)oc2cc(N(C)S(C)(=O)=O)c(-c3ccc(O)c(C(=O)CCc4ccccc4)n3)cc12.CNC(=O)c1c(-c2ccc(F)cc2)oc2cc(N(C)S(C)(=O)=O)c(-c3ccc4c(n3)C(=O)N(Cc3ccccc3)CO4)cc12.ClCI. The molecule has 1 aliphatic heterocycles. The van der Waals surface area contributed by atoms with Crippen LogP contribution in [0.2, 0.25) is 0 Å². The zero-order valence-corrected chi connectivity index (χ0v) is 53.6. The van der Waals surface area contributed by atoms with E-state index in [1.807, 2.05) is 60.7 Å². The topological polar surface area (TPSA) is 252 Å². The fourth-order valence-electron chi connectivity index (χ4n) is 9.83. The van der Waals surface area contributed by atoms with Crippen LogP contribution in [0.3, 0.4) is 0 Å². The number of nitrogens with one attached hydrogen (secondary N) is 2. The van der Waals surface area contributed by atoms with Crippen molar-refractivity contribution < 1.29 is 63.5 Å². The lowest BCUT2D eigenvalue weighted by Gasteiger charge is -2.28. The third kappa shape index (κ3) is 14.3. The first-order chi connectivity index (χ1) is 42.9. The van der Waals surface area contributed by atoms with Crippen LogP contribution in [0.25, 0.3) is 67.1 Å². The van der Waals surface area contributed by atoms with Gasteiger partial charge in [0.2, 0.25) is 20.0 Å². The summed E-state index contributed by atoms with van der Waals surface area (Å²) in [7, 11) is -1.88. The van der Waals surface area contributed by atoms with Crippen LogP contribution in [-0.2, 0) is 33.0 Å². The molecule has 11 rings (SSSR count). The Labute approximate surface area is 535 Å². The second kappa shape index (κ2) is 27.7. The monoisotopic (exact) mass is 1390 g/mol. The minimum atomic E-state index is -3.78. The number of nitrogens with zero attached hydrogens (tertiary/aromatic N) is 5. The highest BCUT2D eigenvalue weighted by atomic mass is 127. The first kappa shape index (κ1) is 65.2. The number of hydrogen-bond donors (Lipinski definition) is 3. The van der Waals surface area contributed by atoms with Crippen molar-refractivity contribution in [3.05, 3.63) is 203 Å². The largest absolute Gasteiger partial charge is 0.506 e. The minimum absolute atomic E-state index is 0.0481. The number of halogens is 4. The molecule has 4 aromatic heterocycles. The number of sulfonamides is 2. The molecule has 10 aromatic rings. The number of pyridine rings is 2.